The summed E-state index contributed by atoms with van der Waals surface area (Å²) in [7, 11) is 0. The Balaban J connectivity index is 0.000000202. The minimum absolute atomic E-state index is 0.0189. The number of nitrogens with one attached hydrogen (secondary N) is 6. The third-order valence-corrected chi connectivity index (χ3v) is 3.40. The molecule has 0 aliphatic heterocycles. The molecule has 0 spiro atoms. The summed E-state index contributed by atoms with van der Waals surface area (Å²) in [5, 5.41) is -0.0189. The van der Waals surface area contributed by atoms with E-state index in [0.717, 1.165) is 6.20 Å². The molecule has 3 rings (SSSR count). The molecule has 0 radical (unpaired) electrons. The van der Waals surface area contributed by atoms with Crippen LogP contribution in [0.25, 0.3) is 0 Å². The lowest BCUT2D eigenvalue weighted by atomic mass is 10.6. The third-order valence-electron chi connectivity index (χ3n) is 2.32. The molecule has 3 aromatic rings. The molecule has 0 aliphatic rings. The molecule has 0 bridgehead atoms. The molecule has 144 valence electrons. The monoisotopic (exact) mass is 514 g/mol. The topological polar surface area (TPSA) is 197 Å². The van der Waals surface area contributed by atoms with Crippen LogP contribution >= 0.6 is 34.2 Å². The Labute approximate surface area is 164 Å². The summed E-state index contributed by atoms with van der Waals surface area (Å²) in [5.74, 6) is -0.991. The van der Waals surface area contributed by atoms with Crippen LogP contribution in [0.5, 0.6) is 0 Å². The number of aromatic nitrogens is 6. The maximum Gasteiger partial charge on any atom is 0.325 e. The second-order valence-corrected chi connectivity index (χ2v) is 5.83. The van der Waals surface area contributed by atoms with Crippen molar-refractivity contribution < 1.29 is 4.39 Å². The lowest BCUT2D eigenvalue weighted by Crippen LogP contribution is -2.23. The number of rotatable bonds is 0. The van der Waals surface area contributed by atoms with Crippen molar-refractivity contribution in [2.75, 3.05) is 0 Å². The van der Waals surface area contributed by atoms with Crippen LogP contribution in [0.15, 0.2) is 47.4 Å². The van der Waals surface area contributed by atoms with Crippen molar-refractivity contribution in [1.29, 1.82) is 0 Å². The molecule has 27 heavy (non-hydrogen) atoms. The van der Waals surface area contributed by atoms with Gasteiger partial charge in [0.05, 0.1) is 3.57 Å². The van der Waals surface area contributed by atoms with Gasteiger partial charge in [0.1, 0.15) is 5.02 Å². The van der Waals surface area contributed by atoms with Crippen LogP contribution in [-0.4, -0.2) is 29.9 Å². The number of halogens is 3. The zero-order valence-corrected chi connectivity index (χ0v) is 15.7. The van der Waals surface area contributed by atoms with Crippen molar-refractivity contribution >= 4 is 34.2 Å². The molecular formula is C12H9ClFIN6O6. The van der Waals surface area contributed by atoms with E-state index < -0.39 is 34.0 Å². The fourth-order valence-corrected chi connectivity index (χ4v) is 1.57. The molecule has 15 heteroatoms. The van der Waals surface area contributed by atoms with Gasteiger partial charge in [-0.25, -0.2) is 14.4 Å². The van der Waals surface area contributed by atoms with Crippen molar-refractivity contribution in [3.63, 3.8) is 0 Å². The SMILES string of the molecule is O=c1[nH]cc(Cl)c(=O)[nH]1.O=c1[nH]cc(F)c(=O)[nH]1.O=c1[nH]cc(I)c(=O)[nH]1. The lowest BCUT2D eigenvalue weighted by Gasteiger charge is -1.82. The lowest BCUT2D eigenvalue weighted by molar-refractivity contribution is 0.597. The maximum absolute atomic E-state index is 12.0. The Morgan fingerprint density at radius 1 is 0.704 bits per heavy atom. The molecule has 0 unspecified atom stereocenters. The minimum atomic E-state index is -1.00. The second kappa shape index (κ2) is 10.2. The molecular weight excluding hydrogens is 506 g/mol. The Morgan fingerprint density at radius 3 is 1.52 bits per heavy atom. The second-order valence-electron chi connectivity index (χ2n) is 4.26. The van der Waals surface area contributed by atoms with Gasteiger partial charge in [-0.1, -0.05) is 11.6 Å². The van der Waals surface area contributed by atoms with E-state index in [0.29, 0.717) is 9.77 Å². The van der Waals surface area contributed by atoms with Crippen LogP contribution in [0.4, 0.5) is 4.39 Å². The van der Waals surface area contributed by atoms with Gasteiger partial charge in [-0.2, -0.15) is 4.39 Å². The molecule has 12 nitrogen and oxygen atoms in total. The fourth-order valence-electron chi connectivity index (χ4n) is 1.18. The van der Waals surface area contributed by atoms with Gasteiger partial charge in [-0.3, -0.25) is 29.3 Å². The molecule has 0 saturated carbocycles. The molecule has 6 N–H and O–H groups in total. The van der Waals surface area contributed by atoms with Gasteiger partial charge in [0.2, 0.25) is 5.82 Å². The van der Waals surface area contributed by atoms with Gasteiger partial charge in [0.25, 0.3) is 16.7 Å². The van der Waals surface area contributed by atoms with Crippen molar-refractivity contribution in [3.05, 3.63) is 95.5 Å². The summed E-state index contributed by atoms with van der Waals surface area (Å²) in [6.45, 7) is 0. The van der Waals surface area contributed by atoms with E-state index >= 15 is 0 Å². The normalized spacial score (nSPS) is 9.44. The predicted molar refractivity (Wildman–Crippen MR) is 101 cm³/mol. The van der Waals surface area contributed by atoms with Crippen LogP contribution < -0.4 is 33.7 Å². The Kier molecular flexibility index (Phi) is 8.34. The highest BCUT2D eigenvalue weighted by atomic mass is 127. The van der Waals surface area contributed by atoms with Gasteiger partial charge in [0, 0.05) is 18.6 Å². The summed E-state index contributed by atoms with van der Waals surface area (Å²) in [6, 6.07) is 0. The van der Waals surface area contributed by atoms with Gasteiger partial charge in [-0.15, -0.1) is 0 Å². The van der Waals surface area contributed by atoms with E-state index in [2.05, 4.69) is 15.0 Å². The Bertz CT molecular complexity index is 1100. The minimum Gasteiger partial charge on any atom is -0.313 e. The summed E-state index contributed by atoms with van der Waals surface area (Å²) in [4.78, 5) is 74.1. The average Bonchev–Trinajstić information content (AvgIpc) is 2.60. The highest BCUT2D eigenvalue weighted by Gasteiger charge is 1.94. The van der Waals surface area contributed by atoms with Crippen LogP contribution in [0.3, 0.4) is 0 Å². The number of H-pyrrole nitrogens is 6. The zero-order chi connectivity index (χ0) is 20.6. The fraction of sp³-hybridized carbons (Fsp3) is 0. The molecule has 0 amide bonds. The van der Waals surface area contributed by atoms with Crippen molar-refractivity contribution in [1.82, 2.24) is 29.9 Å². The first kappa shape index (κ1) is 22.0. The van der Waals surface area contributed by atoms with Gasteiger partial charge in [-0.05, 0) is 22.6 Å². The zero-order valence-electron chi connectivity index (χ0n) is 12.8. The first-order valence-corrected chi connectivity index (χ1v) is 7.98. The third kappa shape index (κ3) is 7.82. The molecule has 0 fully saturated rings. The highest BCUT2D eigenvalue weighted by molar-refractivity contribution is 14.1. The van der Waals surface area contributed by atoms with Gasteiger partial charge < -0.3 is 15.0 Å². The largest absolute Gasteiger partial charge is 0.325 e. The van der Waals surface area contributed by atoms with Crippen molar-refractivity contribution in [2.45, 2.75) is 0 Å². The van der Waals surface area contributed by atoms with Crippen molar-refractivity contribution in [2.24, 2.45) is 0 Å². The molecule has 0 saturated heterocycles. The smallest absolute Gasteiger partial charge is 0.313 e. The van der Waals surface area contributed by atoms with Gasteiger partial charge >= 0.3 is 17.1 Å². The van der Waals surface area contributed by atoms with E-state index in [-0.39, 0.29) is 10.6 Å². The van der Waals surface area contributed by atoms with E-state index in [1.54, 1.807) is 4.98 Å². The van der Waals surface area contributed by atoms with Crippen LogP contribution in [0.1, 0.15) is 0 Å². The molecule has 3 heterocycles. The molecule has 0 aliphatic carbocycles. The van der Waals surface area contributed by atoms with Gasteiger partial charge in [0.15, 0.2) is 0 Å². The number of hydrogen-bond acceptors (Lipinski definition) is 6. The standard InChI is InChI=1S/C4H3ClN2O2.C4H3FN2O2.C4H3IN2O2/c3*5-2-1-6-4(9)7-3(2)8/h3*1H,(H2,6,7,8,9). The highest BCUT2D eigenvalue weighted by Crippen LogP contribution is 1.90. The summed E-state index contributed by atoms with van der Waals surface area (Å²) in [6.07, 6.45) is 3.21. The van der Waals surface area contributed by atoms with E-state index in [1.165, 1.54) is 6.20 Å². The molecule has 3 aromatic heterocycles. The first-order chi connectivity index (χ1) is 12.6. The maximum atomic E-state index is 12.0. The predicted octanol–water partition coefficient (Wildman–Crippen LogP) is -1.41. The van der Waals surface area contributed by atoms with E-state index in [1.807, 2.05) is 32.6 Å². The average molecular weight is 515 g/mol. The molecule has 0 atom stereocenters. The summed E-state index contributed by atoms with van der Waals surface area (Å²) in [5.41, 5.74) is -3.65. The van der Waals surface area contributed by atoms with E-state index in [9.17, 15) is 33.2 Å². The van der Waals surface area contributed by atoms with Crippen LogP contribution in [0.2, 0.25) is 5.02 Å². The Morgan fingerprint density at radius 2 is 1.15 bits per heavy atom. The quantitative estimate of drug-likeness (QED) is 0.199. The Hall–Kier alpha value is -3.01. The molecule has 0 aromatic carbocycles. The first-order valence-electron chi connectivity index (χ1n) is 6.52. The van der Waals surface area contributed by atoms with Crippen LogP contribution in [0, 0.1) is 9.39 Å². The van der Waals surface area contributed by atoms with Crippen molar-refractivity contribution in [3.8, 4) is 0 Å². The summed E-state index contributed by atoms with van der Waals surface area (Å²) >= 11 is 7.09. The number of hydrogen-bond donors (Lipinski definition) is 6. The number of aromatic amines is 6. The van der Waals surface area contributed by atoms with E-state index in [4.69, 9.17) is 11.6 Å². The van der Waals surface area contributed by atoms with Crippen LogP contribution in [-0.2, 0) is 0 Å². The summed E-state index contributed by atoms with van der Waals surface area (Å²) < 4.78 is 12.5.